The number of amides is 2. The first kappa shape index (κ1) is 10.3. The molecule has 0 N–H and O–H groups in total. The van der Waals surface area contributed by atoms with Crippen LogP contribution in [0.4, 0.5) is 5.82 Å². The molecule has 1 aromatic rings. The Labute approximate surface area is 95.4 Å². The fraction of sp³-hybridized carbons (Fsp3) is 0.300. The van der Waals surface area contributed by atoms with Gasteiger partial charge in [0, 0.05) is 23.5 Å². The molecule has 1 fully saturated rings. The number of carbonyl (C=O) groups excluding carboxylic acids is 2. The number of aryl methyl sites for hydroxylation is 1. The molecule has 1 aliphatic rings. The number of anilines is 1. The molecule has 1 saturated heterocycles. The lowest BCUT2D eigenvalue weighted by Crippen LogP contribution is -2.29. The van der Waals surface area contributed by atoms with Gasteiger partial charge in [0.1, 0.15) is 5.82 Å². The van der Waals surface area contributed by atoms with Crippen LogP contribution in [0.1, 0.15) is 18.4 Å². The number of halogens is 1. The van der Waals surface area contributed by atoms with Crippen molar-refractivity contribution in [1.82, 2.24) is 4.98 Å². The van der Waals surface area contributed by atoms with E-state index in [1.807, 2.05) is 6.92 Å². The minimum atomic E-state index is -0.172. The van der Waals surface area contributed by atoms with Crippen LogP contribution in [0.2, 0.25) is 0 Å². The maximum absolute atomic E-state index is 11.4. The Morgan fingerprint density at radius 2 is 1.93 bits per heavy atom. The zero-order chi connectivity index (χ0) is 11.0. The third-order valence-corrected chi connectivity index (χ3v) is 3.14. The van der Waals surface area contributed by atoms with Crippen molar-refractivity contribution in [3.8, 4) is 0 Å². The highest BCUT2D eigenvalue weighted by Crippen LogP contribution is 2.24. The maximum atomic E-state index is 11.4. The fourth-order valence-corrected chi connectivity index (χ4v) is 1.70. The van der Waals surface area contributed by atoms with Gasteiger partial charge >= 0.3 is 0 Å². The molecule has 0 bridgehead atoms. The average Bonchev–Trinajstić information content (AvgIpc) is 2.52. The fourth-order valence-electron chi connectivity index (χ4n) is 1.48. The molecule has 0 saturated carbocycles. The molecule has 1 aromatic heterocycles. The van der Waals surface area contributed by atoms with Gasteiger partial charge in [0.05, 0.1) is 0 Å². The minimum absolute atomic E-state index is 0.172. The second kappa shape index (κ2) is 3.73. The zero-order valence-electron chi connectivity index (χ0n) is 8.16. The summed E-state index contributed by atoms with van der Waals surface area (Å²) in [5.74, 6) is 0.0756. The molecule has 0 spiro atoms. The molecule has 0 radical (unpaired) electrons. The van der Waals surface area contributed by atoms with Crippen LogP contribution >= 0.6 is 15.9 Å². The molecule has 0 aromatic carbocycles. The third-order valence-electron chi connectivity index (χ3n) is 2.31. The van der Waals surface area contributed by atoms with Crippen LogP contribution < -0.4 is 4.90 Å². The number of hydrogen-bond donors (Lipinski definition) is 0. The molecule has 0 unspecified atom stereocenters. The molecule has 1 aliphatic heterocycles. The molecule has 5 heteroatoms. The van der Waals surface area contributed by atoms with Crippen molar-refractivity contribution >= 4 is 33.6 Å². The Morgan fingerprint density at radius 1 is 1.33 bits per heavy atom. The van der Waals surface area contributed by atoms with Crippen molar-refractivity contribution < 1.29 is 9.59 Å². The number of nitrogens with zero attached hydrogens (tertiary/aromatic N) is 2. The molecule has 0 aliphatic carbocycles. The van der Waals surface area contributed by atoms with Gasteiger partial charge in [0.2, 0.25) is 11.8 Å². The number of hydrogen-bond acceptors (Lipinski definition) is 3. The smallest absolute Gasteiger partial charge is 0.235 e. The van der Waals surface area contributed by atoms with E-state index in [1.165, 1.54) is 0 Å². The van der Waals surface area contributed by atoms with Crippen molar-refractivity contribution in [2.45, 2.75) is 19.8 Å². The second-order valence-electron chi connectivity index (χ2n) is 3.41. The lowest BCUT2D eigenvalue weighted by molar-refractivity contribution is -0.121. The van der Waals surface area contributed by atoms with E-state index in [2.05, 4.69) is 20.9 Å². The van der Waals surface area contributed by atoms with E-state index in [4.69, 9.17) is 0 Å². The van der Waals surface area contributed by atoms with E-state index in [-0.39, 0.29) is 24.7 Å². The number of imide groups is 1. The molecule has 15 heavy (non-hydrogen) atoms. The van der Waals surface area contributed by atoms with E-state index >= 15 is 0 Å². The first-order chi connectivity index (χ1) is 7.09. The topological polar surface area (TPSA) is 50.3 Å². The number of carbonyl (C=O) groups is 2. The van der Waals surface area contributed by atoms with E-state index in [9.17, 15) is 9.59 Å². The molecule has 2 rings (SSSR count). The SMILES string of the molecule is Cc1cc(N2C(=O)CCC2=O)ncc1Br. The number of rotatable bonds is 1. The highest BCUT2D eigenvalue weighted by Gasteiger charge is 2.31. The van der Waals surface area contributed by atoms with Gasteiger partial charge in [0.25, 0.3) is 0 Å². The van der Waals surface area contributed by atoms with Gasteiger partial charge in [-0.15, -0.1) is 0 Å². The summed E-state index contributed by atoms with van der Waals surface area (Å²) in [7, 11) is 0. The Kier molecular flexibility index (Phi) is 2.56. The van der Waals surface area contributed by atoms with Crippen molar-refractivity contribution in [2.75, 3.05) is 4.90 Å². The molecule has 2 heterocycles. The van der Waals surface area contributed by atoms with Crippen LogP contribution in [-0.4, -0.2) is 16.8 Å². The van der Waals surface area contributed by atoms with E-state index in [1.54, 1.807) is 12.3 Å². The van der Waals surface area contributed by atoms with Gasteiger partial charge < -0.3 is 0 Å². The zero-order valence-corrected chi connectivity index (χ0v) is 9.74. The van der Waals surface area contributed by atoms with Crippen molar-refractivity contribution in [3.05, 3.63) is 22.3 Å². The summed E-state index contributed by atoms with van der Waals surface area (Å²) in [5, 5.41) is 0. The van der Waals surface area contributed by atoms with Gasteiger partial charge in [-0.2, -0.15) is 0 Å². The predicted molar refractivity (Wildman–Crippen MR) is 58.4 cm³/mol. The van der Waals surface area contributed by atoms with E-state index in [0.29, 0.717) is 5.82 Å². The maximum Gasteiger partial charge on any atom is 0.235 e. The predicted octanol–water partition coefficient (Wildman–Crippen LogP) is 1.81. The lowest BCUT2D eigenvalue weighted by Gasteiger charge is -2.13. The van der Waals surface area contributed by atoms with Crippen LogP contribution in [0.5, 0.6) is 0 Å². The molecular formula is C10H9BrN2O2. The summed E-state index contributed by atoms with van der Waals surface area (Å²) >= 11 is 3.32. The summed E-state index contributed by atoms with van der Waals surface area (Å²) < 4.78 is 0.866. The number of aromatic nitrogens is 1. The Bertz CT molecular complexity index is 429. The van der Waals surface area contributed by atoms with Crippen LogP contribution in [-0.2, 0) is 9.59 Å². The lowest BCUT2D eigenvalue weighted by atomic mass is 10.3. The highest BCUT2D eigenvalue weighted by atomic mass is 79.9. The van der Waals surface area contributed by atoms with Gasteiger partial charge in [0.15, 0.2) is 0 Å². The Balaban J connectivity index is 2.41. The van der Waals surface area contributed by atoms with E-state index in [0.717, 1.165) is 14.9 Å². The van der Waals surface area contributed by atoms with Crippen LogP contribution in [0.25, 0.3) is 0 Å². The largest absolute Gasteiger partial charge is 0.274 e. The van der Waals surface area contributed by atoms with Gasteiger partial charge in [-0.25, -0.2) is 9.88 Å². The number of pyridine rings is 1. The van der Waals surface area contributed by atoms with Crippen LogP contribution in [0.3, 0.4) is 0 Å². The second-order valence-corrected chi connectivity index (χ2v) is 4.27. The molecular weight excluding hydrogens is 260 g/mol. The quantitative estimate of drug-likeness (QED) is 0.730. The third kappa shape index (κ3) is 1.79. The normalized spacial score (nSPS) is 16.3. The molecule has 0 atom stereocenters. The Hall–Kier alpha value is -1.23. The summed E-state index contributed by atoms with van der Waals surface area (Å²) in [5.41, 5.74) is 0.951. The minimum Gasteiger partial charge on any atom is -0.274 e. The van der Waals surface area contributed by atoms with Crippen molar-refractivity contribution in [2.24, 2.45) is 0 Å². The first-order valence-electron chi connectivity index (χ1n) is 4.57. The van der Waals surface area contributed by atoms with Gasteiger partial charge in [-0.1, -0.05) is 0 Å². The Morgan fingerprint density at radius 3 is 2.47 bits per heavy atom. The highest BCUT2D eigenvalue weighted by molar-refractivity contribution is 9.10. The average molecular weight is 269 g/mol. The standard InChI is InChI=1S/C10H9BrN2O2/c1-6-4-8(12-5-7(6)11)13-9(14)2-3-10(13)15/h4-5H,2-3H2,1H3. The van der Waals surface area contributed by atoms with E-state index < -0.39 is 0 Å². The first-order valence-corrected chi connectivity index (χ1v) is 5.37. The summed E-state index contributed by atoms with van der Waals surface area (Å²) in [6.45, 7) is 1.89. The monoisotopic (exact) mass is 268 g/mol. The summed E-state index contributed by atoms with van der Waals surface area (Å²) in [6, 6.07) is 1.73. The van der Waals surface area contributed by atoms with Crippen LogP contribution in [0, 0.1) is 6.92 Å². The summed E-state index contributed by atoms with van der Waals surface area (Å²) in [6.07, 6.45) is 2.18. The molecule has 2 amide bonds. The molecule has 4 nitrogen and oxygen atoms in total. The van der Waals surface area contributed by atoms with Crippen molar-refractivity contribution in [3.63, 3.8) is 0 Å². The van der Waals surface area contributed by atoms with Gasteiger partial charge in [-0.3, -0.25) is 9.59 Å². The van der Waals surface area contributed by atoms with Crippen molar-refractivity contribution in [1.29, 1.82) is 0 Å². The summed E-state index contributed by atoms with van der Waals surface area (Å²) in [4.78, 5) is 28.1. The van der Waals surface area contributed by atoms with Gasteiger partial charge in [-0.05, 0) is 34.5 Å². The van der Waals surface area contributed by atoms with Crippen LogP contribution in [0.15, 0.2) is 16.7 Å². The molecule has 78 valence electrons.